The van der Waals surface area contributed by atoms with Gasteiger partial charge in [0.1, 0.15) is 11.0 Å². The maximum absolute atomic E-state index is 12.8. The molecule has 1 aliphatic rings. The van der Waals surface area contributed by atoms with E-state index >= 15 is 0 Å². The fraction of sp³-hybridized carbons (Fsp3) is 0.158. The van der Waals surface area contributed by atoms with Gasteiger partial charge >= 0.3 is 0 Å². The van der Waals surface area contributed by atoms with Crippen molar-refractivity contribution in [3.63, 3.8) is 0 Å². The van der Waals surface area contributed by atoms with Gasteiger partial charge in [-0.2, -0.15) is 0 Å². The molecule has 2 aromatic carbocycles. The predicted molar refractivity (Wildman–Crippen MR) is 108 cm³/mol. The molecule has 4 rings (SSSR count). The number of non-ortho nitro benzene ring substituents is 1. The van der Waals surface area contributed by atoms with Crippen LogP contribution in [0.1, 0.15) is 6.42 Å². The Bertz CT molecular complexity index is 1110. The highest BCUT2D eigenvalue weighted by atomic mass is 32.2. The van der Waals surface area contributed by atoms with Gasteiger partial charge in [0.25, 0.3) is 5.69 Å². The second-order valence-electron chi connectivity index (χ2n) is 6.35. The minimum Gasteiger partial charge on any atom is -0.497 e. The van der Waals surface area contributed by atoms with Crippen molar-refractivity contribution < 1.29 is 19.2 Å². The van der Waals surface area contributed by atoms with E-state index in [0.29, 0.717) is 22.4 Å². The highest BCUT2D eigenvalue weighted by Gasteiger charge is 2.41. The van der Waals surface area contributed by atoms with Crippen LogP contribution in [-0.2, 0) is 9.59 Å². The van der Waals surface area contributed by atoms with Crippen LogP contribution >= 0.6 is 11.8 Å². The monoisotopic (exact) mass is 425 g/mol. The third kappa shape index (κ3) is 3.74. The summed E-state index contributed by atoms with van der Waals surface area (Å²) in [5, 5.41) is 17.4. The molecule has 1 fully saturated rings. The Morgan fingerprint density at radius 3 is 2.50 bits per heavy atom. The fourth-order valence-corrected chi connectivity index (χ4v) is 3.92. The second kappa shape index (κ2) is 7.95. The molecule has 152 valence electrons. The molecular formula is C19H15N5O5S. The van der Waals surface area contributed by atoms with Crippen molar-refractivity contribution in [2.24, 2.45) is 0 Å². The van der Waals surface area contributed by atoms with E-state index < -0.39 is 16.1 Å². The summed E-state index contributed by atoms with van der Waals surface area (Å²) in [4.78, 5) is 40.8. The van der Waals surface area contributed by atoms with E-state index in [1.54, 1.807) is 19.2 Å². The number of carbonyl (C=O) groups is 2. The molecule has 11 heteroatoms. The first-order valence-electron chi connectivity index (χ1n) is 8.81. The standard InChI is InChI=1S/C19H15N5O5S/c1-29-14-8-2-11(3-9-14)17-20-19(22-21-17)30-15-10-16(25)23(18(15)26)12-4-6-13(7-5-12)24(27)28/h2-9,15H,10H2,1H3,(H,20,21,22). The molecule has 30 heavy (non-hydrogen) atoms. The number of ether oxygens (including phenoxy) is 1. The number of methoxy groups -OCH3 is 1. The number of nitrogens with one attached hydrogen (secondary N) is 1. The third-order valence-corrected chi connectivity index (χ3v) is 5.55. The van der Waals surface area contributed by atoms with Crippen LogP contribution in [0.15, 0.2) is 53.7 Å². The molecule has 1 unspecified atom stereocenters. The number of aromatic nitrogens is 3. The summed E-state index contributed by atoms with van der Waals surface area (Å²) in [7, 11) is 1.58. The van der Waals surface area contributed by atoms with Crippen LogP contribution in [0.2, 0.25) is 0 Å². The molecule has 1 aliphatic heterocycles. The molecule has 1 N–H and O–H groups in total. The lowest BCUT2D eigenvalue weighted by molar-refractivity contribution is -0.384. The number of imide groups is 1. The Kier molecular flexibility index (Phi) is 5.19. The van der Waals surface area contributed by atoms with E-state index in [1.165, 1.54) is 24.3 Å². The number of nitro benzene ring substituents is 1. The van der Waals surface area contributed by atoms with Crippen LogP contribution in [0.4, 0.5) is 11.4 Å². The van der Waals surface area contributed by atoms with E-state index in [4.69, 9.17) is 4.74 Å². The van der Waals surface area contributed by atoms with Crippen molar-refractivity contribution >= 4 is 35.0 Å². The highest BCUT2D eigenvalue weighted by molar-refractivity contribution is 8.00. The van der Waals surface area contributed by atoms with Gasteiger partial charge in [0.2, 0.25) is 17.0 Å². The molecule has 0 aliphatic carbocycles. The fourth-order valence-electron chi connectivity index (χ4n) is 3.00. The summed E-state index contributed by atoms with van der Waals surface area (Å²) >= 11 is 1.09. The van der Waals surface area contributed by atoms with Crippen molar-refractivity contribution in [2.45, 2.75) is 16.8 Å². The SMILES string of the molecule is COc1ccc(-c2nc(SC3CC(=O)N(c4ccc([N+](=O)[O-])cc4)C3=O)n[nH]2)cc1. The number of nitrogens with zero attached hydrogens (tertiary/aromatic N) is 4. The van der Waals surface area contributed by atoms with Crippen LogP contribution in [0, 0.1) is 10.1 Å². The number of hydrogen-bond donors (Lipinski definition) is 1. The van der Waals surface area contributed by atoms with Gasteiger partial charge in [-0.25, -0.2) is 9.88 Å². The zero-order chi connectivity index (χ0) is 21.3. The normalized spacial score (nSPS) is 16.2. The maximum atomic E-state index is 12.8. The summed E-state index contributed by atoms with van der Waals surface area (Å²) in [6, 6.07) is 12.5. The van der Waals surface area contributed by atoms with Gasteiger partial charge < -0.3 is 4.74 Å². The highest BCUT2D eigenvalue weighted by Crippen LogP contribution is 2.33. The lowest BCUT2D eigenvalue weighted by Gasteiger charge is -2.14. The van der Waals surface area contributed by atoms with Crippen LogP contribution in [0.25, 0.3) is 11.4 Å². The smallest absolute Gasteiger partial charge is 0.269 e. The summed E-state index contributed by atoms with van der Waals surface area (Å²) < 4.78 is 5.13. The molecule has 0 saturated carbocycles. The lowest BCUT2D eigenvalue weighted by Crippen LogP contribution is -2.31. The van der Waals surface area contributed by atoms with Gasteiger partial charge in [-0.3, -0.25) is 24.8 Å². The van der Waals surface area contributed by atoms with Gasteiger partial charge in [0.15, 0.2) is 5.82 Å². The minimum absolute atomic E-state index is 0.00705. The van der Waals surface area contributed by atoms with E-state index in [1.807, 2.05) is 12.1 Å². The Morgan fingerprint density at radius 1 is 1.17 bits per heavy atom. The molecular weight excluding hydrogens is 410 g/mol. The zero-order valence-electron chi connectivity index (χ0n) is 15.6. The van der Waals surface area contributed by atoms with Crippen molar-refractivity contribution in [1.82, 2.24) is 15.2 Å². The number of hydrogen-bond acceptors (Lipinski definition) is 8. The van der Waals surface area contributed by atoms with Crippen LogP contribution < -0.4 is 9.64 Å². The van der Waals surface area contributed by atoms with E-state index in [9.17, 15) is 19.7 Å². The van der Waals surface area contributed by atoms with Crippen molar-refractivity contribution in [3.05, 3.63) is 58.6 Å². The number of thioether (sulfide) groups is 1. The molecule has 1 atom stereocenters. The summed E-state index contributed by atoms with van der Waals surface area (Å²) in [6.45, 7) is 0. The van der Waals surface area contributed by atoms with E-state index in [0.717, 1.165) is 22.2 Å². The molecule has 2 heterocycles. The topological polar surface area (TPSA) is 131 Å². The average molecular weight is 425 g/mol. The minimum atomic E-state index is -0.674. The van der Waals surface area contributed by atoms with Gasteiger partial charge in [0, 0.05) is 24.1 Å². The largest absolute Gasteiger partial charge is 0.497 e. The molecule has 1 aromatic heterocycles. The quantitative estimate of drug-likeness (QED) is 0.362. The van der Waals surface area contributed by atoms with Crippen molar-refractivity contribution in [2.75, 3.05) is 12.0 Å². The summed E-state index contributed by atoms with van der Waals surface area (Å²) in [6.07, 6.45) is -0.00705. The Balaban J connectivity index is 1.48. The Labute approximate surface area is 174 Å². The van der Waals surface area contributed by atoms with E-state index in [-0.39, 0.29) is 18.0 Å². The lowest BCUT2D eigenvalue weighted by atomic mass is 10.2. The number of aromatic amines is 1. The van der Waals surface area contributed by atoms with E-state index in [2.05, 4.69) is 15.2 Å². The molecule has 1 saturated heterocycles. The van der Waals surface area contributed by atoms with Gasteiger partial charge in [0.05, 0.1) is 17.7 Å². The third-order valence-electron chi connectivity index (χ3n) is 4.50. The maximum Gasteiger partial charge on any atom is 0.269 e. The van der Waals surface area contributed by atoms with Crippen molar-refractivity contribution in [3.8, 4) is 17.1 Å². The first kappa shape index (κ1) is 19.6. The van der Waals surface area contributed by atoms with Gasteiger partial charge in [-0.1, -0.05) is 11.8 Å². The Hall–Kier alpha value is -3.73. The number of amides is 2. The summed E-state index contributed by atoms with van der Waals surface area (Å²) in [5.74, 6) is 0.463. The first-order chi connectivity index (χ1) is 14.5. The molecule has 2 amide bonds. The molecule has 0 bridgehead atoms. The van der Waals surface area contributed by atoms with Gasteiger partial charge in [-0.05, 0) is 36.4 Å². The predicted octanol–water partition coefficient (Wildman–Crippen LogP) is 2.81. The molecule has 0 spiro atoms. The van der Waals surface area contributed by atoms with Crippen molar-refractivity contribution in [1.29, 1.82) is 0 Å². The van der Waals surface area contributed by atoms with Crippen LogP contribution in [0.3, 0.4) is 0 Å². The molecule has 10 nitrogen and oxygen atoms in total. The summed E-state index contributed by atoms with van der Waals surface area (Å²) in [5.41, 5.74) is 0.986. The number of anilines is 1. The molecule has 3 aromatic rings. The molecule has 0 radical (unpaired) electrons. The number of H-pyrrole nitrogens is 1. The zero-order valence-corrected chi connectivity index (χ0v) is 16.5. The number of nitro groups is 1. The number of carbonyl (C=O) groups excluding carboxylic acids is 2. The first-order valence-corrected chi connectivity index (χ1v) is 9.69. The van der Waals surface area contributed by atoms with Gasteiger partial charge in [-0.15, -0.1) is 5.10 Å². The average Bonchev–Trinajstić information content (AvgIpc) is 3.32. The number of rotatable bonds is 6. The van der Waals surface area contributed by atoms with Crippen LogP contribution in [0.5, 0.6) is 5.75 Å². The van der Waals surface area contributed by atoms with Crippen LogP contribution in [-0.4, -0.2) is 44.3 Å². The Morgan fingerprint density at radius 2 is 1.87 bits per heavy atom. The second-order valence-corrected chi connectivity index (χ2v) is 7.52. The number of benzene rings is 2.